The van der Waals surface area contributed by atoms with E-state index in [9.17, 15) is 13.2 Å². The summed E-state index contributed by atoms with van der Waals surface area (Å²) in [5.74, 6) is 0.143. The second-order valence-electron chi connectivity index (χ2n) is 7.97. The molecule has 156 valence electrons. The Bertz CT molecular complexity index is 737. The predicted molar refractivity (Wildman–Crippen MR) is 111 cm³/mol. The van der Waals surface area contributed by atoms with Crippen LogP contribution in [-0.2, 0) is 21.2 Å². The van der Waals surface area contributed by atoms with Gasteiger partial charge in [0.1, 0.15) is 0 Å². The number of benzene rings is 1. The molecule has 2 aliphatic rings. The van der Waals surface area contributed by atoms with E-state index in [4.69, 9.17) is 0 Å². The van der Waals surface area contributed by atoms with Crippen LogP contribution in [0.2, 0.25) is 0 Å². The zero-order valence-corrected chi connectivity index (χ0v) is 17.8. The van der Waals surface area contributed by atoms with E-state index in [2.05, 4.69) is 4.90 Å². The highest BCUT2D eigenvalue weighted by molar-refractivity contribution is 7.89. The van der Waals surface area contributed by atoms with Gasteiger partial charge in [-0.3, -0.25) is 4.79 Å². The molecule has 0 unspecified atom stereocenters. The van der Waals surface area contributed by atoms with Gasteiger partial charge in [0.2, 0.25) is 15.9 Å². The van der Waals surface area contributed by atoms with Crippen molar-refractivity contribution < 1.29 is 13.2 Å². The first-order chi connectivity index (χ1) is 13.5. The van der Waals surface area contributed by atoms with E-state index in [-0.39, 0.29) is 5.91 Å². The molecule has 1 amide bonds. The molecule has 0 bridgehead atoms. The number of carbonyl (C=O) groups is 1. The Kier molecular flexibility index (Phi) is 7.48. The van der Waals surface area contributed by atoms with Gasteiger partial charge < -0.3 is 9.80 Å². The van der Waals surface area contributed by atoms with Crippen LogP contribution < -0.4 is 0 Å². The smallest absolute Gasteiger partial charge is 0.243 e. The van der Waals surface area contributed by atoms with Crippen molar-refractivity contribution in [2.45, 2.75) is 49.8 Å². The van der Waals surface area contributed by atoms with Crippen molar-refractivity contribution in [3.63, 3.8) is 0 Å². The molecule has 0 spiro atoms. The summed E-state index contributed by atoms with van der Waals surface area (Å²) < 4.78 is 27.0. The van der Waals surface area contributed by atoms with E-state index in [0.717, 1.165) is 51.0 Å². The number of hydrogen-bond donors (Lipinski definition) is 0. The van der Waals surface area contributed by atoms with Crippen LogP contribution in [0.15, 0.2) is 29.2 Å². The summed E-state index contributed by atoms with van der Waals surface area (Å²) in [7, 11) is -1.52. The highest BCUT2D eigenvalue weighted by atomic mass is 32.2. The standard InChI is InChI=1S/C21H33N3O3S/c1-22(17-18-23-13-5-6-14-23)21(25)12-9-19-7-10-20(11-8-19)28(26,27)24-15-3-2-4-16-24/h7-8,10-11H,2-6,9,12-18H2,1H3. The average molecular weight is 408 g/mol. The van der Waals surface area contributed by atoms with E-state index in [0.29, 0.717) is 30.8 Å². The average Bonchev–Trinajstić information content (AvgIpc) is 3.25. The van der Waals surface area contributed by atoms with Gasteiger partial charge >= 0.3 is 0 Å². The molecule has 0 saturated carbocycles. The van der Waals surface area contributed by atoms with Crippen LogP contribution in [-0.4, -0.2) is 74.7 Å². The van der Waals surface area contributed by atoms with E-state index in [1.807, 2.05) is 24.1 Å². The van der Waals surface area contributed by atoms with Crippen LogP contribution in [0.4, 0.5) is 0 Å². The Morgan fingerprint density at radius 3 is 2.21 bits per heavy atom. The monoisotopic (exact) mass is 407 g/mol. The van der Waals surface area contributed by atoms with E-state index >= 15 is 0 Å². The summed E-state index contributed by atoms with van der Waals surface area (Å²) in [5.41, 5.74) is 0.999. The fourth-order valence-electron chi connectivity index (χ4n) is 3.95. The lowest BCUT2D eigenvalue weighted by Gasteiger charge is -2.25. The largest absolute Gasteiger partial charge is 0.344 e. The number of piperidine rings is 1. The van der Waals surface area contributed by atoms with Crippen molar-refractivity contribution in [3.05, 3.63) is 29.8 Å². The fraction of sp³-hybridized carbons (Fsp3) is 0.667. The minimum atomic E-state index is -3.39. The Morgan fingerprint density at radius 1 is 0.964 bits per heavy atom. The second kappa shape index (κ2) is 9.85. The van der Waals surface area contributed by atoms with Crippen LogP contribution in [0.5, 0.6) is 0 Å². The molecule has 7 heteroatoms. The number of hydrogen-bond acceptors (Lipinski definition) is 4. The molecule has 1 aromatic carbocycles. The molecular formula is C21H33N3O3S. The lowest BCUT2D eigenvalue weighted by molar-refractivity contribution is -0.130. The molecule has 2 saturated heterocycles. The molecule has 6 nitrogen and oxygen atoms in total. The Morgan fingerprint density at radius 2 is 1.57 bits per heavy atom. The highest BCUT2D eigenvalue weighted by Crippen LogP contribution is 2.21. The number of nitrogens with zero attached hydrogens (tertiary/aromatic N) is 3. The highest BCUT2D eigenvalue weighted by Gasteiger charge is 2.25. The third kappa shape index (κ3) is 5.55. The van der Waals surface area contributed by atoms with Gasteiger partial charge in [0, 0.05) is 39.6 Å². The van der Waals surface area contributed by atoms with Crippen LogP contribution in [0.1, 0.15) is 44.1 Å². The number of likely N-dealkylation sites (N-methyl/N-ethyl adjacent to an activating group) is 1. The predicted octanol–water partition coefficient (Wildman–Crippen LogP) is 2.35. The zero-order chi connectivity index (χ0) is 20.0. The lowest BCUT2D eigenvalue weighted by Crippen LogP contribution is -2.35. The molecule has 0 radical (unpaired) electrons. The normalized spacial score (nSPS) is 19.0. The Balaban J connectivity index is 1.47. The van der Waals surface area contributed by atoms with Gasteiger partial charge in [0.15, 0.2) is 0 Å². The molecular weight excluding hydrogens is 374 g/mol. The molecule has 0 N–H and O–H groups in total. The minimum Gasteiger partial charge on any atom is -0.344 e. The first kappa shape index (κ1) is 21.3. The summed E-state index contributed by atoms with van der Waals surface area (Å²) in [6.07, 6.45) is 6.59. The van der Waals surface area contributed by atoms with Crippen molar-refractivity contribution in [2.75, 3.05) is 46.3 Å². The maximum Gasteiger partial charge on any atom is 0.243 e. The van der Waals surface area contributed by atoms with E-state index in [1.54, 1.807) is 16.4 Å². The lowest BCUT2D eigenvalue weighted by atomic mass is 10.1. The van der Waals surface area contributed by atoms with Crippen LogP contribution >= 0.6 is 0 Å². The molecule has 0 aromatic heterocycles. The summed E-state index contributed by atoms with van der Waals surface area (Å²) in [6, 6.07) is 7.05. The van der Waals surface area contributed by atoms with Gasteiger partial charge in [-0.2, -0.15) is 4.31 Å². The Labute approximate surface area is 169 Å². The number of aryl methyl sites for hydroxylation is 1. The quantitative estimate of drug-likeness (QED) is 0.664. The number of likely N-dealkylation sites (tertiary alicyclic amines) is 1. The number of sulfonamides is 1. The van der Waals surface area contributed by atoms with E-state index in [1.165, 1.54) is 12.8 Å². The van der Waals surface area contributed by atoms with Gasteiger partial charge in [-0.1, -0.05) is 18.6 Å². The molecule has 0 atom stereocenters. The number of amides is 1. The van der Waals surface area contributed by atoms with Gasteiger partial charge in [-0.05, 0) is 62.9 Å². The zero-order valence-electron chi connectivity index (χ0n) is 17.0. The van der Waals surface area contributed by atoms with Crippen molar-refractivity contribution in [3.8, 4) is 0 Å². The topological polar surface area (TPSA) is 60.9 Å². The first-order valence-electron chi connectivity index (χ1n) is 10.5. The molecule has 0 aliphatic carbocycles. The van der Waals surface area contributed by atoms with Gasteiger partial charge in [0.25, 0.3) is 0 Å². The number of carbonyl (C=O) groups excluding carboxylic acids is 1. The maximum atomic E-state index is 12.7. The maximum absolute atomic E-state index is 12.7. The third-order valence-electron chi connectivity index (χ3n) is 5.88. The van der Waals surface area contributed by atoms with Crippen molar-refractivity contribution in [1.29, 1.82) is 0 Å². The third-order valence-corrected chi connectivity index (χ3v) is 7.79. The summed E-state index contributed by atoms with van der Waals surface area (Å²) >= 11 is 0. The number of rotatable bonds is 8. The van der Waals surface area contributed by atoms with Gasteiger partial charge in [-0.25, -0.2) is 8.42 Å². The molecule has 2 fully saturated rings. The summed E-state index contributed by atoms with van der Waals surface area (Å²) in [6.45, 7) is 5.24. The van der Waals surface area contributed by atoms with Crippen molar-refractivity contribution in [2.24, 2.45) is 0 Å². The summed E-state index contributed by atoms with van der Waals surface area (Å²) in [4.78, 5) is 16.9. The van der Waals surface area contributed by atoms with E-state index < -0.39 is 10.0 Å². The van der Waals surface area contributed by atoms with Crippen LogP contribution in [0.25, 0.3) is 0 Å². The molecule has 3 rings (SSSR count). The molecule has 28 heavy (non-hydrogen) atoms. The first-order valence-corrected chi connectivity index (χ1v) is 12.0. The van der Waals surface area contributed by atoms with Gasteiger partial charge in [0.05, 0.1) is 4.90 Å². The molecule has 2 aliphatic heterocycles. The van der Waals surface area contributed by atoms with Crippen molar-refractivity contribution in [1.82, 2.24) is 14.1 Å². The SMILES string of the molecule is CN(CCN1CCCC1)C(=O)CCc1ccc(S(=O)(=O)N2CCCCC2)cc1. The molecule has 1 aromatic rings. The van der Waals surface area contributed by atoms with Gasteiger partial charge in [-0.15, -0.1) is 0 Å². The summed E-state index contributed by atoms with van der Waals surface area (Å²) in [5, 5.41) is 0. The van der Waals surface area contributed by atoms with Crippen LogP contribution in [0.3, 0.4) is 0 Å². The van der Waals surface area contributed by atoms with Crippen LogP contribution in [0, 0.1) is 0 Å². The molecule has 2 heterocycles. The Hall–Kier alpha value is -1.44. The van der Waals surface area contributed by atoms with Crippen molar-refractivity contribution >= 4 is 15.9 Å². The minimum absolute atomic E-state index is 0.143. The second-order valence-corrected chi connectivity index (χ2v) is 9.91. The fourth-order valence-corrected chi connectivity index (χ4v) is 5.46.